The van der Waals surface area contributed by atoms with Gasteiger partial charge in [-0.2, -0.15) is 0 Å². The monoisotopic (exact) mass is 527 g/mol. The smallest absolute Gasteiger partial charge is 0.134 e. The van der Waals surface area contributed by atoms with Gasteiger partial charge in [0, 0.05) is 90.9 Å². The molecule has 0 saturated carbocycles. The Bertz CT molecular complexity index is 805. The highest BCUT2D eigenvalue weighted by Gasteiger charge is 2.16. The van der Waals surface area contributed by atoms with Crippen LogP contribution < -0.4 is 16.0 Å². The number of rotatable bonds is 5. The van der Waals surface area contributed by atoms with Crippen LogP contribution in [0.5, 0.6) is 0 Å². The van der Waals surface area contributed by atoms with Crippen molar-refractivity contribution in [3.05, 3.63) is 35.4 Å². The van der Waals surface area contributed by atoms with E-state index < -0.39 is 0 Å². The highest BCUT2D eigenvalue weighted by Crippen LogP contribution is 2.13. The summed E-state index contributed by atoms with van der Waals surface area (Å²) in [5.41, 5.74) is 2.55. The largest absolute Gasteiger partial charge is 0.315 e. The first-order chi connectivity index (χ1) is 18.6. The second kappa shape index (κ2) is 18.3. The van der Waals surface area contributed by atoms with Gasteiger partial charge in [-0.25, -0.2) is 0 Å². The first-order valence-corrected chi connectivity index (χ1v) is 14.8. The molecule has 2 aliphatic heterocycles. The molecule has 0 atom stereocenters. The van der Waals surface area contributed by atoms with Crippen molar-refractivity contribution >= 4 is 17.3 Å². The Morgan fingerprint density at radius 2 is 1.05 bits per heavy atom. The molecular weight excluding hydrogens is 478 g/mol. The lowest BCUT2D eigenvalue weighted by molar-refractivity contribution is -0.126. The van der Waals surface area contributed by atoms with Crippen LogP contribution in [0.4, 0.5) is 0 Å². The molecule has 2 saturated heterocycles. The molecule has 1 aromatic rings. The van der Waals surface area contributed by atoms with Crippen molar-refractivity contribution in [3.8, 4) is 0 Å². The van der Waals surface area contributed by atoms with Gasteiger partial charge in [-0.1, -0.05) is 24.3 Å². The number of Topliss-reactive ketones (excluding diaryl/α,β-unsaturated/α-hetero) is 3. The average Bonchev–Trinajstić information content (AvgIpc) is 2.92. The summed E-state index contributed by atoms with van der Waals surface area (Å²) < 4.78 is 0. The standard InChI is InChI=1S/C30H49N5O3/c36-28-7-9-29(37)12-22-35(23-13-30(38)10-8-28)25-27-5-3-26(4-6-27)11-21-34-20-2-16-32-18-17-31-14-1-15-33-19-24-34/h3-6,31-33H,1-2,7-25H2. The highest BCUT2D eigenvalue weighted by molar-refractivity contribution is 5.89. The number of benzene rings is 1. The van der Waals surface area contributed by atoms with Crippen molar-refractivity contribution in [2.24, 2.45) is 0 Å². The summed E-state index contributed by atoms with van der Waals surface area (Å²) in [7, 11) is 0. The van der Waals surface area contributed by atoms with E-state index in [1.54, 1.807) is 0 Å². The predicted molar refractivity (Wildman–Crippen MR) is 152 cm³/mol. The van der Waals surface area contributed by atoms with Crippen LogP contribution in [-0.4, -0.2) is 99.1 Å². The molecule has 212 valence electrons. The Hall–Kier alpha value is -1.97. The third-order valence-electron chi connectivity index (χ3n) is 7.54. The maximum absolute atomic E-state index is 12.2. The van der Waals surface area contributed by atoms with Crippen LogP contribution in [0, 0.1) is 0 Å². The van der Waals surface area contributed by atoms with E-state index >= 15 is 0 Å². The zero-order valence-corrected chi connectivity index (χ0v) is 23.3. The van der Waals surface area contributed by atoms with Crippen LogP contribution >= 0.6 is 0 Å². The molecule has 3 N–H and O–H groups in total. The van der Waals surface area contributed by atoms with Gasteiger partial charge >= 0.3 is 0 Å². The van der Waals surface area contributed by atoms with Crippen molar-refractivity contribution < 1.29 is 14.4 Å². The third-order valence-corrected chi connectivity index (χ3v) is 7.54. The second-order valence-corrected chi connectivity index (χ2v) is 10.8. The van der Waals surface area contributed by atoms with Gasteiger partial charge in [-0.15, -0.1) is 0 Å². The van der Waals surface area contributed by atoms with E-state index in [4.69, 9.17) is 0 Å². The fourth-order valence-electron chi connectivity index (χ4n) is 5.02. The van der Waals surface area contributed by atoms with Crippen molar-refractivity contribution in [2.75, 3.05) is 72.0 Å². The number of hydrogen-bond donors (Lipinski definition) is 3. The summed E-state index contributed by atoms with van der Waals surface area (Å²) in [4.78, 5) is 41.1. The Morgan fingerprint density at radius 1 is 0.526 bits per heavy atom. The average molecular weight is 528 g/mol. The predicted octanol–water partition coefficient (Wildman–Crippen LogP) is 1.96. The second-order valence-electron chi connectivity index (χ2n) is 10.8. The molecule has 3 rings (SSSR count). The number of carbonyl (C=O) groups excluding carboxylic acids is 3. The lowest BCUT2D eigenvalue weighted by Gasteiger charge is -2.24. The number of nitrogens with one attached hydrogen (secondary N) is 3. The molecule has 0 aromatic heterocycles. The zero-order chi connectivity index (χ0) is 26.8. The highest BCUT2D eigenvalue weighted by atomic mass is 16.1. The summed E-state index contributed by atoms with van der Waals surface area (Å²) in [5.74, 6) is 0.312. The first-order valence-electron chi connectivity index (χ1n) is 14.8. The van der Waals surface area contributed by atoms with Crippen molar-refractivity contribution in [3.63, 3.8) is 0 Å². The SMILES string of the molecule is O=C1CCC(=O)CCN(Cc2ccc(CCN3CCCNCCNCCCNCC3)cc2)CCC(=O)CC1. The Morgan fingerprint density at radius 3 is 1.68 bits per heavy atom. The van der Waals surface area contributed by atoms with Crippen LogP contribution in [0.25, 0.3) is 0 Å². The van der Waals surface area contributed by atoms with E-state index in [2.05, 4.69) is 50.0 Å². The molecule has 0 aliphatic carbocycles. The molecule has 8 heteroatoms. The van der Waals surface area contributed by atoms with E-state index in [-0.39, 0.29) is 30.2 Å². The number of hydrogen-bond acceptors (Lipinski definition) is 8. The minimum Gasteiger partial charge on any atom is -0.315 e. The lowest BCUT2D eigenvalue weighted by atomic mass is 10.0. The topological polar surface area (TPSA) is 93.8 Å². The normalized spacial score (nSPS) is 21.8. The zero-order valence-electron chi connectivity index (χ0n) is 23.3. The Kier molecular flexibility index (Phi) is 14.8. The van der Waals surface area contributed by atoms with Crippen LogP contribution in [0.2, 0.25) is 0 Å². The summed E-state index contributed by atoms with van der Waals surface area (Å²) >= 11 is 0. The maximum atomic E-state index is 12.2. The molecule has 0 radical (unpaired) electrons. The molecule has 8 nitrogen and oxygen atoms in total. The fraction of sp³-hybridized carbons (Fsp3) is 0.700. The van der Waals surface area contributed by atoms with Gasteiger partial charge in [0.15, 0.2) is 0 Å². The van der Waals surface area contributed by atoms with E-state index in [1.165, 1.54) is 11.1 Å². The molecule has 2 heterocycles. The van der Waals surface area contributed by atoms with Crippen molar-refractivity contribution in [1.82, 2.24) is 25.8 Å². The Balaban J connectivity index is 1.47. The molecule has 0 amide bonds. The van der Waals surface area contributed by atoms with E-state index in [0.717, 1.165) is 84.7 Å². The molecule has 0 unspecified atom stereocenters. The van der Waals surface area contributed by atoms with Crippen LogP contribution in [0.1, 0.15) is 62.5 Å². The summed E-state index contributed by atoms with van der Waals surface area (Å²) in [5, 5.41) is 10.6. The summed E-state index contributed by atoms with van der Waals surface area (Å²) in [6.45, 7) is 11.6. The first kappa shape index (κ1) is 30.6. The number of ketones is 3. The fourth-order valence-corrected chi connectivity index (χ4v) is 5.02. The van der Waals surface area contributed by atoms with Gasteiger partial charge in [0.25, 0.3) is 0 Å². The molecule has 38 heavy (non-hydrogen) atoms. The lowest BCUT2D eigenvalue weighted by Crippen LogP contribution is -2.37. The molecule has 2 fully saturated rings. The minimum atomic E-state index is 0.0320. The summed E-state index contributed by atoms with van der Waals surface area (Å²) in [6.07, 6.45) is 5.39. The van der Waals surface area contributed by atoms with E-state index in [1.807, 2.05) is 0 Å². The van der Waals surface area contributed by atoms with Crippen molar-refractivity contribution in [1.29, 1.82) is 0 Å². The molecular formula is C30H49N5O3. The van der Waals surface area contributed by atoms with E-state index in [9.17, 15) is 14.4 Å². The van der Waals surface area contributed by atoms with Crippen LogP contribution in [0.3, 0.4) is 0 Å². The Labute approximate surface area is 229 Å². The summed E-state index contributed by atoms with van der Waals surface area (Å²) in [6, 6.07) is 8.84. The quantitative estimate of drug-likeness (QED) is 0.535. The molecule has 1 aromatic carbocycles. The van der Waals surface area contributed by atoms with Crippen LogP contribution in [-0.2, 0) is 27.3 Å². The van der Waals surface area contributed by atoms with Gasteiger partial charge < -0.3 is 20.9 Å². The van der Waals surface area contributed by atoms with Gasteiger partial charge in [0.05, 0.1) is 0 Å². The molecule has 2 aliphatic rings. The number of carbonyl (C=O) groups is 3. The van der Waals surface area contributed by atoms with Gasteiger partial charge in [0.2, 0.25) is 0 Å². The minimum absolute atomic E-state index is 0.0320. The van der Waals surface area contributed by atoms with Gasteiger partial charge in [-0.05, 0) is 56.6 Å². The van der Waals surface area contributed by atoms with Crippen molar-refractivity contribution in [2.45, 2.75) is 64.3 Å². The van der Waals surface area contributed by atoms with Gasteiger partial charge in [0.1, 0.15) is 17.3 Å². The molecule has 0 spiro atoms. The maximum Gasteiger partial charge on any atom is 0.134 e. The van der Waals surface area contributed by atoms with E-state index in [0.29, 0.717) is 38.8 Å². The molecule has 0 bridgehead atoms. The van der Waals surface area contributed by atoms with Gasteiger partial charge in [-0.3, -0.25) is 19.3 Å². The third kappa shape index (κ3) is 13.2. The number of nitrogens with zero attached hydrogens (tertiary/aromatic N) is 2. The van der Waals surface area contributed by atoms with Crippen LogP contribution in [0.15, 0.2) is 24.3 Å².